The smallest absolute Gasteiger partial charge is 0.338 e. The number of aromatic nitrogens is 2. The van der Waals surface area contributed by atoms with E-state index in [1.165, 1.54) is 0 Å². The van der Waals surface area contributed by atoms with Gasteiger partial charge in [-0.15, -0.1) is 0 Å². The van der Waals surface area contributed by atoms with Crippen LogP contribution in [-0.4, -0.2) is 16.7 Å². The number of nitrogens with zero attached hydrogens (tertiary/aromatic N) is 2. The Morgan fingerprint density at radius 2 is 1.93 bits per heavy atom. The molecule has 0 saturated heterocycles. The molecule has 0 unspecified atom stereocenters. The molecule has 80 valence electrons. The van der Waals surface area contributed by atoms with E-state index in [2.05, 4.69) is 14.7 Å². The summed E-state index contributed by atoms with van der Waals surface area (Å²) >= 11 is 0. The molecule has 0 spiro atoms. The lowest BCUT2D eigenvalue weighted by Gasteiger charge is -2.15. The molecule has 0 saturated carbocycles. The van der Waals surface area contributed by atoms with Crippen molar-refractivity contribution in [3.63, 3.8) is 0 Å². The molecule has 1 aromatic rings. The van der Waals surface area contributed by atoms with Crippen LogP contribution in [0, 0.1) is 0 Å². The first-order valence-electron chi connectivity index (χ1n) is 3.89. The van der Waals surface area contributed by atoms with Gasteiger partial charge < -0.3 is 10.3 Å². The summed E-state index contributed by atoms with van der Waals surface area (Å²) in [5, 5.41) is 2.84. The van der Waals surface area contributed by atoms with E-state index < -0.39 is 17.4 Å². The molecular weight excluding hydrogens is 199 g/mol. The van der Waals surface area contributed by atoms with E-state index in [4.69, 9.17) is 5.73 Å². The quantitative estimate of drug-likeness (QED) is 0.797. The molecule has 0 radical (unpaired) electrons. The van der Waals surface area contributed by atoms with Crippen LogP contribution in [0.25, 0.3) is 0 Å². The third kappa shape index (κ3) is 2.03. The first-order valence-corrected chi connectivity index (χ1v) is 3.89. The summed E-state index contributed by atoms with van der Waals surface area (Å²) in [6.07, 6.45) is -4.58. The van der Waals surface area contributed by atoms with Crippen LogP contribution in [0.5, 0.6) is 0 Å². The number of rotatable bonds is 2. The summed E-state index contributed by atoms with van der Waals surface area (Å²) in [4.78, 5) is 3.24. The molecule has 0 fully saturated rings. The molecule has 0 aliphatic carbocycles. The summed E-state index contributed by atoms with van der Waals surface area (Å²) in [7, 11) is 0. The average Bonchev–Trinajstić information content (AvgIpc) is 2.51. The van der Waals surface area contributed by atoms with Crippen molar-refractivity contribution < 1.29 is 17.7 Å². The minimum absolute atomic E-state index is 0.104. The van der Waals surface area contributed by atoms with Crippen LogP contribution in [0.15, 0.2) is 4.52 Å². The molecule has 0 aromatic carbocycles. The molecular formula is C7H10F3N3O. The van der Waals surface area contributed by atoms with Gasteiger partial charge in [0.15, 0.2) is 0 Å². The minimum atomic E-state index is -4.58. The van der Waals surface area contributed by atoms with Crippen molar-refractivity contribution in [3.05, 3.63) is 11.7 Å². The fourth-order valence-corrected chi connectivity index (χ4v) is 0.701. The molecule has 14 heavy (non-hydrogen) atoms. The Bertz CT molecular complexity index is 318. The van der Waals surface area contributed by atoms with Crippen molar-refractivity contribution in [3.8, 4) is 0 Å². The maximum atomic E-state index is 12.1. The molecule has 0 aliphatic rings. The van der Waals surface area contributed by atoms with Crippen molar-refractivity contribution >= 4 is 0 Å². The Balaban J connectivity index is 3.00. The fraction of sp³-hybridized carbons (Fsp3) is 0.714. The van der Waals surface area contributed by atoms with Gasteiger partial charge in [-0.25, -0.2) is 0 Å². The van der Waals surface area contributed by atoms with E-state index in [-0.39, 0.29) is 12.4 Å². The molecule has 0 atom stereocenters. The molecule has 0 amide bonds. The maximum absolute atomic E-state index is 12.1. The van der Waals surface area contributed by atoms with Gasteiger partial charge in [0.2, 0.25) is 5.89 Å². The van der Waals surface area contributed by atoms with Gasteiger partial charge >= 0.3 is 6.18 Å². The lowest BCUT2D eigenvalue weighted by Crippen LogP contribution is -2.28. The van der Waals surface area contributed by atoms with Gasteiger partial charge in [-0.3, -0.25) is 0 Å². The molecule has 2 N–H and O–H groups in total. The van der Waals surface area contributed by atoms with Gasteiger partial charge in [0, 0.05) is 6.54 Å². The zero-order valence-corrected chi connectivity index (χ0v) is 7.72. The Hall–Kier alpha value is -1.11. The highest BCUT2D eigenvalue weighted by molar-refractivity contribution is 5.02. The molecule has 0 bridgehead atoms. The molecule has 0 aliphatic heterocycles. The highest BCUT2D eigenvalue weighted by atomic mass is 19.4. The van der Waals surface area contributed by atoms with Gasteiger partial charge in [-0.2, -0.15) is 18.2 Å². The van der Waals surface area contributed by atoms with Crippen LogP contribution in [0.4, 0.5) is 13.2 Å². The second kappa shape index (κ2) is 3.23. The molecule has 7 heteroatoms. The van der Waals surface area contributed by atoms with Crippen molar-refractivity contribution in [2.45, 2.75) is 25.4 Å². The predicted octanol–water partition coefficient (Wildman–Crippen LogP) is 1.32. The fourth-order valence-electron chi connectivity index (χ4n) is 0.701. The van der Waals surface area contributed by atoms with Gasteiger partial charge in [-0.1, -0.05) is 5.16 Å². The molecule has 4 nitrogen and oxygen atoms in total. The van der Waals surface area contributed by atoms with Crippen molar-refractivity contribution in [1.29, 1.82) is 0 Å². The van der Waals surface area contributed by atoms with Gasteiger partial charge in [0.05, 0.1) is 5.41 Å². The summed E-state index contributed by atoms with van der Waals surface area (Å²) in [6.45, 7) is 3.38. The predicted molar refractivity (Wildman–Crippen MR) is 41.4 cm³/mol. The average molecular weight is 209 g/mol. The SMILES string of the molecule is CC(C)(CN)c1nc(C(F)(F)F)no1. The zero-order chi connectivity index (χ0) is 11.0. The second-order valence-corrected chi connectivity index (χ2v) is 3.51. The number of nitrogens with two attached hydrogens (primary N) is 1. The third-order valence-electron chi connectivity index (χ3n) is 1.77. The monoisotopic (exact) mass is 209 g/mol. The topological polar surface area (TPSA) is 64.9 Å². The van der Waals surface area contributed by atoms with Crippen LogP contribution < -0.4 is 5.73 Å². The van der Waals surface area contributed by atoms with E-state index in [1.54, 1.807) is 13.8 Å². The van der Waals surface area contributed by atoms with Gasteiger partial charge in [0.25, 0.3) is 5.82 Å². The van der Waals surface area contributed by atoms with Crippen molar-refractivity contribution in [1.82, 2.24) is 10.1 Å². The van der Waals surface area contributed by atoms with E-state index >= 15 is 0 Å². The molecule has 1 rings (SSSR count). The van der Waals surface area contributed by atoms with E-state index in [0.717, 1.165) is 0 Å². The number of halogens is 3. The molecule has 1 aromatic heterocycles. The molecule has 1 heterocycles. The Morgan fingerprint density at radius 3 is 2.29 bits per heavy atom. The van der Waals surface area contributed by atoms with Crippen LogP contribution in [0.3, 0.4) is 0 Å². The summed E-state index contributed by atoms with van der Waals surface area (Å²) in [5.74, 6) is -1.37. The van der Waals surface area contributed by atoms with Crippen molar-refractivity contribution in [2.75, 3.05) is 6.54 Å². The lowest BCUT2D eigenvalue weighted by atomic mass is 9.94. The number of hydrogen-bond acceptors (Lipinski definition) is 4. The Kier molecular flexibility index (Phi) is 2.53. The second-order valence-electron chi connectivity index (χ2n) is 3.51. The highest BCUT2D eigenvalue weighted by Crippen LogP contribution is 2.28. The maximum Gasteiger partial charge on any atom is 0.455 e. The lowest BCUT2D eigenvalue weighted by molar-refractivity contribution is -0.146. The number of alkyl halides is 3. The normalized spacial score (nSPS) is 13.3. The number of hydrogen-bond donors (Lipinski definition) is 1. The first-order chi connectivity index (χ1) is 6.27. The summed E-state index contributed by atoms with van der Waals surface area (Å²) in [6, 6.07) is 0. The van der Waals surface area contributed by atoms with Crippen LogP contribution in [0.2, 0.25) is 0 Å². The Labute approximate surface area is 78.3 Å². The summed E-state index contributed by atoms with van der Waals surface area (Å²) in [5.41, 5.74) is 4.61. The van der Waals surface area contributed by atoms with E-state index in [9.17, 15) is 13.2 Å². The zero-order valence-electron chi connectivity index (χ0n) is 7.72. The third-order valence-corrected chi connectivity index (χ3v) is 1.77. The van der Waals surface area contributed by atoms with Crippen LogP contribution in [0.1, 0.15) is 25.6 Å². The first kappa shape index (κ1) is 11.0. The van der Waals surface area contributed by atoms with Crippen LogP contribution >= 0.6 is 0 Å². The largest absolute Gasteiger partial charge is 0.455 e. The highest BCUT2D eigenvalue weighted by Gasteiger charge is 2.39. The van der Waals surface area contributed by atoms with E-state index in [0.29, 0.717) is 0 Å². The van der Waals surface area contributed by atoms with Crippen molar-refractivity contribution in [2.24, 2.45) is 5.73 Å². The van der Waals surface area contributed by atoms with E-state index in [1.807, 2.05) is 0 Å². The van der Waals surface area contributed by atoms with Gasteiger partial charge in [-0.05, 0) is 13.8 Å². The standard InChI is InChI=1S/C7H10F3N3O/c1-6(2,3-11)5-12-4(13-14-5)7(8,9)10/h3,11H2,1-2H3. The summed E-state index contributed by atoms with van der Waals surface area (Å²) < 4.78 is 40.7. The Morgan fingerprint density at radius 1 is 1.36 bits per heavy atom. The van der Waals surface area contributed by atoms with Gasteiger partial charge in [0.1, 0.15) is 0 Å². The van der Waals surface area contributed by atoms with Crippen LogP contribution in [-0.2, 0) is 11.6 Å². The minimum Gasteiger partial charge on any atom is -0.338 e.